The molecular weight excluding hydrogens is 392 g/mol. The molecule has 154 valence electrons. The number of carbonyl (C=O) groups is 2. The summed E-state index contributed by atoms with van der Waals surface area (Å²) in [4.78, 5) is 28.2. The first-order valence-electron chi connectivity index (χ1n) is 9.31. The normalized spacial score (nSPS) is 14.0. The van der Waals surface area contributed by atoms with Crippen molar-refractivity contribution in [1.82, 2.24) is 4.90 Å². The largest absolute Gasteiger partial charge is 0.497 e. The maximum atomic E-state index is 13.1. The first kappa shape index (κ1) is 20.9. The highest BCUT2D eigenvalue weighted by Gasteiger charge is 2.39. The third-order valence-corrected chi connectivity index (χ3v) is 5.37. The average molecular weight is 416 g/mol. The van der Waals surface area contributed by atoms with Crippen LogP contribution in [0.4, 0.5) is 5.69 Å². The Balaban J connectivity index is 1.92. The second-order valence-electron chi connectivity index (χ2n) is 6.23. The molecule has 1 aromatic carbocycles. The maximum Gasteiger partial charge on any atom is 0.278 e. The van der Waals surface area contributed by atoms with Gasteiger partial charge in [-0.25, -0.2) is 0 Å². The number of ether oxygens (including phenoxy) is 3. The predicted octanol–water partition coefficient (Wildman–Crippen LogP) is 3.38. The van der Waals surface area contributed by atoms with Crippen molar-refractivity contribution in [2.45, 2.75) is 13.3 Å². The van der Waals surface area contributed by atoms with Gasteiger partial charge in [0.05, 0.1) is 25.5 Å². The molecule has 0 spiro atoms. The van der Waals surface area contributed by atoms with Gasteiger partial charge in [0.1, 0.15) is 17.2 Å². The number of rotatable bonds is 10. The minimum Gasteiger partial charge on any atom is -0.497 e. The average Bonchev–Trinajstić information content (AvgIpc) is 3.33. The summed E-state index contributed by atoms with van der Waals surface area (Å²) in [6.45, 7) is 3.31. The number of methoxy groups -OCH3 is 2. The van der Waals surface area contributed by atoms with Crippen LogP contribution in [0.5, 0.6) is 11.5 Å². The number of carbonyl (C=O) groups excluding carboxylic acids is 2. The Morgan fingerprint density at radius 1 is 1.10 bits per heavy atom. The van der Waals surface area contributed by atoms with Crippen LogP contribution in [-0.4, -0.2) is 50.7 Å². The van der Waals surface area contributed by atoms with Crippen molar-refractivity contribution in [3.63, 3.8) is 0 Å². The number of thiophene rings is 1. The van der Waals surface area contributed by atoms with Gasteiger partial charge in [-0.1, -0.05) is 6.07 Å². The summed E-state index contributed by atoms with van der Waals surface area (Å²) in [7, 11) is 3.11. The fourth-order valence-electron chi connectivity index (χ4n) is 3.05. The molecule has 0 unspecified atom stereocenters. The number of hydrogen-bond donors (Lipinski definition) is 1. The van der Waals surface area contributed by atoms with Gasteiger partial charge in [0.15, 0.2) is 0 Å². The van der Waals surface area contributed by atoms with Gasteiger partial charge in [-0.2, -0.15) is 0 Å². The van der Waals surface area contributed by atoms with E-state index in [2.05, 4.69) is 5.32 Å². The summed E-state index contributed by atoms with van der Waals surface area (Å²) >= 11 is 1.42. The molecule has 1 aromatic heterocycles. The van der Waals surface area contributed by atoms with Crippen molar-refractivity contribution in [3.05, 3.63) is 46.3 Å². The monoisotopic (exact) mass is 416 g/mol. The molecule has 2 heterocycles. The molecule has 0 aliphatic carbocycles. The number of nitrogens with one attached hydrogen (secondary N) is 1. The zero-order valence-electron chi connectivity index (χ0n) is 16.7. The van der Waals surface area contributed by atoms with Crippen molar-refractivity contribution in [1.29, 1.82) is 0 Å². The van der Waals surface area contributed by atoms with Crippen LogP contribution in [0.1, 0.15) is 18.2 Å². The Morgan fingerprint density at radius 3 is 2.59 bits per heavy atom. The Morgan fingerprint density at radius 2 is 1.93 bits per heavy atom. The molecule has 2 amide bonds. The molecular formula is C21H24N2O5S. The minimum atomic E-state index is -0.354. The third kappa shape index (κ3) is 4.44. The fourth-order valence-corrected chi connectivity index (χ4v) is 3.82. The molecule has 8 heteroatoms. The van der Waals surface area contributed by atoms with E-state index in [1.54, 1.807) is 25.3 Å². The SMILES string of the molecule is CCOCCCN1C(=O)C(Nc2ccc(OC)cc2OC)=C(c2cccs2)C1=O. The third-order valence-electron chi connectivity index (χ3n) is 4.48. The van der Waals surface area contributed by atoms with E-state index in [0.717, 1.165) is 4.88 Å². The number of amides is 2. The zero-order chi connectivity index (χ0) is 20.8. The molecule has 3 rings (SSSR count). The first-order chi connectivity index (χ1) is 14.1. The van der Waals surface area contributed by atoms with Crippen LogP contribution in [-0.2, 0) is 14.3 Å². The molecule has 0 bridgehead atoms. The van der Waals surface area contributed by atoms with Gasteiger partial charge in [0.2, 0.25) is 0 Å². The van der Waals surface area contributed by atoms with Gasteiger partial charge in [-0.3, -0.25) is 14.5 Å². The second kappa shape index (κ2) is 9.58. The Bertz CT molecular complexity index is 908. The van der Waals surface area contributed by atoms with Crippen LogP contribution in [0.15, 0.2) is 41.4 Å². The van der Waals surface area contributed by atoms with E-state index in [0.29, 0.717) is 48.9 Å². The lowest BCUT2D eigenvalue weighted by Crippen LogP contribution is -2.34. The van der Waals surface area contributed by atoms with Gasteiger partial charge >= 0.3 is 0 Å². The number of nitrogens with zero attached hydrogens (tertiary/aromatic N) is 1. The number of imide groups is 1. The Kier molecular flexibility index (Phi) is 6.90. The molecule has 2 aromatic rings. The van der Waals surface area contributed by atoms with Gasteiger partial charge in [-0.05, 0) is 36.9 Å². The van der Waals surface area contributed by atoms with Crippen LogP contribution in [0.2, 0.25) is 0 Å². The van der Waals surface area contributed by atoms with Crippen LogP contribution >= 0.6 is 11.3 Å². The van der Waals surface area contributed by atoms with E-state index in [1.807, 2.05) is 24.4 Å². The van der Waals surface area contributed by atoms with Crippen molar-refractivity contribution in [2.75, 3.05) is 39.3 Å². The molecule has 0 saturated heterocycles. The summed E-state index contributed by atoms with van der Waals surface area (Å²) in [6, 6.07) is 8.92. The van der Waals surface area contributed by atoms with Crippen LogP contribution in [0, 0.1) is 0 Å². The molecule has 0 atom stereocenters. The van der Waals surface area contributed by atoms with E-state index in [1.165, 1.54) is 23.3 Å². The fraction of sp³-hybridized carbons (Fsp3) is 0.333. The van der Waals surface area contributed by atoms with Gasteiger partial charge in [0, 0.05) is 30.7 Å². The molecule has 0 saturated carbocycles. The Labute approximate surface area is 173 Å². The van der Waals surface area contributed by atoms with Gasteiger partial charge in [0.25, 0.3) is 11.8 Å². The number of anilines is 1. The zero-order valence-corrected chi connectivity index (χ0v) is 17.5. The standard InChI is InChI=1S/C21H24N2O5S/c1-4-28-11-6-10-23-20(24)18(17-7-5-12-29-17)19(21(23)25)22-15-9-8-14(26-2)13-16(15)27-3/h5,7-9,12-13,22H,4,6,10-11H2,1-3H3. The lowest BCUT2D eigenvalue weighted by atomic mass is 10.1. The molecule has 7 nitrogen and oxygen atoms in total. The molecule has 1 N–H and O–H groups in total. The minimum absolute atomic E-state index is 0.248. The van der Waals surface area contributed by atoms with E-state index >= 15 is 0 Å². The summed E-state index contributed by atoms with van der Waals surface area (Å²) in [5.74, 6) is 0.486. The lowest BCUT2D eigenvalue weighted by molar-refractivity contribution is -0.137. The highest BCUT2D eigenvalue weighted by molar-refractivity contribution is 7.11. The first-order valence-corrected chi connectivity index (χ1v) is 10.2. The van der Waals surface area contributed by atoms with Crippen molar-refractivity contribution < 1.29 is 23.8 Å². The highest BCUT2D eigenvalue weighted by atomic mass is 32.1. The number of benzene rings is 1. The quantitative estimate of drug-likeness (QED) is 0.473. The molecule has 1 aliphatic heterocycles. The topological polar surface area (TPSA) is 77.1 Å². The smallest absolute Gasteiger partial charge is 0.278 e. The molecule has 0 fully saturated rings. The van der Waals surface area contributed by atoms with E-state index in [-0.39, 0.29) is 17.5 Å². The molecule has 1 aliphatic rings. The Hall–Kier alpha value is -2.84. The second-order valence-corrected chi connectivity index (χ2v) is 7.18. The van der Waals surface area contributed by atoms with Crippen LogP contribution < -0.4 is 14.8 Å². The summed E-state index contributed by atoms with van der Waals surface area (Å²) in [5.41, 5.74) is 1.20. The highest BCUT2D eigenvalue weighted by Crippen LogP contribution is 2.36. The van der Waals surface area contributed by atoms with Crippen molar-refractivity contribution in [3.8, 4) is 11.5 Å². The summed E-state index contributed by atoms with van der Waals surface area (Å²) < 4.78 is 16.0. The van der Waals surface area contributed by atoms with E-state index < -0.39 is 0 Å². The summed E-state index contributed by atoms with van der Waals surface area (Å²) in [5, 5.41) is 5.00. The van der Waals surface area contributed by atoms with Gasteiger partial charge < -0.3 is 19.5 Å². The van der Waals surface area contributed by atoms with Gasteiger partial charge in [-0.15, -0.1) is 11.3 Å². The van der Waals surface area contributed by atoms with E-state index in [9.17, 15) is 9.59 Å². The van der Waals surface area contributed by atoms with Crippen molar-refractivity contribution >= 4 is 34.4 Å². The molecule has 0 radical (unpaired) electrons. The van der Waals surface area contributed by atoms with Crippen LogP contribution in [0.3, 0.4) is 0 Å². The maximum absolute atomic E-state index is 13.1. The molecule has 29 heavy (non-hydrogen) atoms. The lowest BCUT2D eigenvalue weighted by Gasteiger charge is -2.16. The van der Waals surface area contributed by atoms with E-state index in [4.69, 9.17) is 14.2 Å². The number of hydrogen-bond acceptors (Lipinski definition) is 7. The summed E-state index contributed by atoms with van der Waals surface area (Å²) in [6.07, 6.45) is 0.585. The van der Waals surface area contributed by atoms with Crippen molar-refractivity contribution in [2.24, 2.45) is 0 Å². The van der Waals surface area contributed by atoms with Crippen LogP contribution in [0.25, 0.3) is 5.57 Å². The predicted molar refractivity (Wildman–Crippen MR) is 112 cm³/mol.